The highest BCUT2D eigenvalue weighted by molar-refractivity contribution is 5.95. The van der Waals surface area contributed by atoms with Gasteiger partial charge in [0.05, 0.1) is 0 Å². The number of benzene rings is 1. The highest BCUT2D eigenvalue weighted by atomic mass is 19.2. The summed E-state index contributed by atoms with van der Waals surface area (Å²) >= 11 is 0. The molecule has 0 aliphatic heterocycles. The zero-order valence-electron chi connectivity index (χ0n) is 11.0. The van der Waals surface area contributed by atoms with E-state index in [-0.39, 0.29) is 18.0 Å². The summed E-state index contributed by atoms with van der Waals surface area (Å²) in [6.45, 7) is 1.92. The quantitative estimate of drug-likeness (QED) is 0.654. The van der Waals surface area contributed by atoms with Crippen LogP contribution in [0.3, 0.4) is 0 Å². The van der Waals surface area contributed by atoms with E-state index in [1.54, 1.807) is 0 Å². The van der Waals surface area contributed by atoms with E-state index in [1.165, 1.54) is 0 Å². The van der Waals surface area contributed by atoms with Crippen molar-refractivity contribution in [3.8, 4) is 0 Å². The van der Waals surface area contributed by atoms with Gasteiger partial charge in [0.1, 0.15) is 5.56 Å². The minimum atomic E-state index is -1.66. The summed E-state index contributed by atoms with van der Waals surface area (Å²) in [5.41, 5.74) is -1.19. The second kappa shape index (κ2) is 5.81. The molecule has 1 saturated carbocycles. The van der Waals surface area contributed by atoms with Gasteiger partial charge in [-0.2, -0.15) is 0 Å². The van der Waals surface area contributed by atoms with Crippen molar-refractivity contribution in [3.63, 3.8) is 0 Å². The number of carbonyl (C=O) groups is 1. The average Bonchev–Trinajstić information content (AvgIpc) is 2.39. The molecular weight excluding hydrogens is 274 g/mol. The Hall–Kier alpha value is -1.59. The van der Waals surface area contributed by atoms with Crippen molar-refractivity contribution < 1.29 is 22.4 Å². The van der Waals surface area contributed by atoms with Gasteiger partial charge < -0.3 is 5.32 Å². The van der Waals surface area contributed by atoms with E-state index in [0.29, 0.717) is 6.42 Å². The monoisotopic (exact) mass is 289 g/mol. The summed E-state index contributed by atoms with van der Waals surface area (Å²) in [5, 5.41) is 2.47. The molecule has 2 nitrogen and oxygen atoms in total. The lowest BCUT2D eigenvalue weighted by atomic mass is 9.86. The van der Waals surface area contributed by atoms with Gasteiger partial charge in [-0.3, -0.25) is 4.79 Å². The fourth-order valence-corrected chi connectivity index (χ4v) is 2.54. The maximum atomic E-state index is 13.5. The van der Waals surface area contributed by atoms with E-state index >= 15 is 0 Å². The van der Waals surface area contributed by atoms with E-state index in [2.05, 4.69) is 5.32 Å². The van der Waals surface area contributed by atoms with Crippen LogP contribution in [0.15, 0.2) is 6.07 Å². The summed E-state index contributed by atoms with van der Waals surface area (Å²) in [5.74, 6) is -7.43. The molecule has 1 aromatic carbocycles. The molecule has 1 unspecified atom stereocenters. The van der Waals surface area contributed by atoms with Crippen LogP contribution >= 0.6 is 0 Å². The van der Waals surface area contributed by atoms with Crippen LogP contribution in [0.5, 0.6) is 0 Å². The van der Waals surface area contributed by atoms with Crippen LogP contribution in [0, 0.1) is 29.2 Å². The Labute approximate surface area is 114 Å². The minimum Gasteiger partial charge on any atom is -0.349 e. The van der Waals surface area contributed by atoms with Gasteiger partial charge in [0.25, 0.3) is 5.91 Å². The average molecular weight is 289 g/mol. The van der Waals surface area contributed by atoms with Crippen molar-refractivity contribution in [1.82, 2.24) is 5.32 Å². The fraction of sp³-hybridized carbons (Fsp3) is 0.500. The van der Waals surface area contributed by atoms with Crippen LogP contribution in [0.1, 0.15) is 43.0 Å². The van der Waals surface area contributed by atoms with Crippen molar-refractivity contribution in [3.05, 3.63) is 34.9 Å². The first kappa shape index (κ1) is 14.8. The van der Waals surface area contributed by atoms with Gasteiger partial charge in [-0.05, 0) is 18.8 Å². The maximum absolute atomic E-state index is 13.5. The molecule has 0 heterocycles. The highest BCUT2D eigenvalue weighted by Crippen LogP contribution is 2.25. The van der Waals surface area contributed by atoms with Crippen LogP contribution in [0.2, 0.25) is 0 Å². The molecule has 0 saturated heterocycles. The topological polar surface area (TPSA) is 29.1 Å². The summed E-state index contributed by atoms with van der Waals surface area (Å²) in [7, 11) is 0. The molecule has 2 rings (SSSR count). The molecule has 1 N–H and O–H groups in total. The zero-order chi connectivity index (χ0) is 14.9. The standard InChI is InChI=1S/C14H15F4NO/c1-7-4-2-3-5-10(7)19-14(20)11-12(17)8(15)6-9(16)13(11)18/h6-7,10H,2-5H2,1H3,(H,19,20)/t7-,10?/m0/s1. The predicted molar refractivity (Wildman–Crippen MR) is 65.2 cm³/mol. The molecule has 0 spiro atoms. The Morgan fingerprint density at radius 3 is 2.20 bits per heavy atom. The SMILES string of the molecule is C[C@H]1CCCCC1NC(=O)c1c(F)c(F)cc(F)c1F. The number of rotatable bonds is 2. The third-order valence-electron chi connectivity index (χ3n) is 3.77. The lowest BCUT2D eigenvalue weighted by Crippen LogP contribution is -2.41. The summed E-state index contributed by atoms with van der Waals surface area (Å²) in [4.78, 5) is 11.9. The fourth-order valence-electron chi connectivity index (χ4n) is 2.54. The molecule has 1 aliphatic carbocycles. The first-order valence-corrected chi connectivity index (χ1v) is 6.55. The number of amides is 1. The van der Waals surface area contributed by atoms with Gasteiger partial charge in [-0.25, -0.2) is 17.6 Å². The van der Waals surface area contributed by atoms with E-state index in [0.717, 1.165) is 19.3 Å². The van der Waals surface area contributed by atoms with Gasteiger partial charge in [0.2, 0.25) is 0 Å². The van der Waals surface area contributed by atoms with E-state index in [4.69, 9.17) is 0 Å². The second-order valence-electron chi connectivity index (χ2n) is 5.18. The van der Waals surface area contributed by atoms with E-state index < -0.39 is 34.7 Å². The van der Waals surface area contributed by atoms with Gasteiger partial charge >= 0.3 is 0 Å². The molecule has 1 amide bonds. The van der Waals surface area contributed by atoms with Crippen LogP contribution < -0.4 is 5.32 Å². The van der Waals surface area contributed by atoms with E-state index in [9.17, 15) is 22.4 Å². The van der Waals surface area contributed by atoms with E-state index in [1.807, 2.05) is 6.92 Å². The smallest absolute Gasteiger partial charge is 0.257 e. The first-order valence-electron chi connectivity index (χ1n) is 6.55. The molecule has 0 aromatic heterocycles. The summed E-state index contributed by atoms with van der Waals surface area (Å²) in [6, 6.07) is -0.147. The Morgan fingerprint density at radius 2 is 1.65 bits per heavy atom. The number of hydrogen-bond donors (Lipinski definition) is 1. The molecule has 1 fully saturated rings. The Morgan fingerprint density at radius 1 is 1.10 bits per heavy atom. The highest BCUT2D eigenvalue weighted by Gasteiger charge is 2.28. The third-order valence-corrected chi connectivity index (χ3v) is 3.77. The zero-order valence-corrected chi connectivity index (χ0v) is 11.0. The molecule has 1 aliphatic rings. The normalized spacial score (nSPS) is 22.6. The van der Waals surface area contributed by atoms with Crippen molar-refractivity contribution in [2.24, 2.45) is 5.92 Å². The second-order valence-corrected chi connectivity index (χ2v) is 5.18. The van der Waals surface area contributed by atoms with Crippen LogP contribution in [-0.2, 0) is 0 Å². The molecule has 20 heavy (non-hydrogen) atoms. The molecule has 110 valence electrons. The van der Waals surface area contributed by atoms with Crippen LogP contribution in [-0.4, -0.2) is 11.9 Å². The van der Waals surface area contributed by atoms with Gasteiger partial charge in [0, 0.05) is 12.1 Å². The molecular formula is C14H15F4NO. The molecule has 0 bridgehead atoms. The van der Waals surface area contributed by atoms with Gasteiger partial charge in [-0.1, -0.05) is 19.8 Å². The Balaban J connectivity index is 2.25. The Bertz CT molecular complexity index is 506. The largest absolute Gasteiger partial charge is 0.349 e. The molecule has 6 heteroatoms. The van der Waals surface area contributed by atoms with Gasteiger partial charge in [-0.15, -0.1) is 0 Å². The minimum absolute atomic E-state index is 0.0880. The number of hydrogen-bond acceptors (Lipinski definition) is 1. The number of carbonyl (C=O) groups excluding carboxylic acids is 1. The predicted octanol–water partition coefficient (Wildman–Crippen LogP) is 3.55. The number of nitrogens with one attached hydrogen (secondary N) is 1. The summed E-state index contributed by atoms with van der Waals surface area (Å²) < 4.78 is 53.2. The first-order chi connectivity index (χ1) is 9.41. The summed E-state index contributed by atoms with van der Waals surface area (Å²) in [6.07, 6.45) is 3.52. The lowest BCUT2D eigenvalue weighted by Gasteiger charge is -2.29. The van der Waals surface area contributed by atoms with Gasteiger partial charge in [0.15, 0.2) is 23.3 Å². The van der Waals surface area contributed by atoms with Crippen molar-refractivity contribution >= 4 is 5.91 Å². The van der Waals surface area contributed by atoms with Crippen molar-refractivity contribution in [1.29, 1.82) is 0 Å². The van der Waals surface area contributed by atoms with Crippen molar-refractivity contribution in [2.45, 2.75) is 38.6 Å². The van der Waals surface area contributed by atoms with Crippen LogP contribution in [0.25, 0.3) is 0 Å². The molecule has 0 radical (unpaired) electrons. The number of halogens is 4. The lowest BCUT2D eigenvalue weighted by molar-refractivity contribution is 0.0899. The molecule has 1 aromatic rings. The van der Waals surface area contributed by atoms with Crippen LogP contribution in [0.4, 0.5) is 17.6 Å². The van der Waals surface area contributed by atoms with Crippen molar-refractivity contribution in [2.75, 3.05) is 0 Å². The maximum Gasteiger partial charge on any atom is 0.257 e. The third kappa shape index (κ3) is 2.78. The molecule has 2 atom stereocenters. The Kier molecular flexibility index (Phi) is 4.30.